The van der Waals surface area contributed by atoms with Crippen molar-refractivity contribution in [2.45, 2.75) is 32.4 Å². The molecule has 0 aliphatic rings. The number of ether oxygens (including phenoxy) is 1. The van der Waals surface area contributed by atoms with Crippen molar-refractivity contribution in [2.24, 2.45) is 0 Å². The van der Waals surface area contributed by atoms with Gasteiger partial charge in [-0.05, 0) is 48.4 Å². The molecule has 0 aliphatic carbocycles. The molecule has 0 fully saturated rings. The topological polar surface area (TPSA) is 84.5 Å². The third-order valence-electron chi connectivity index (χ3n) is 4.21. The smallest absolute Gasteiger partial charge is 0.416 e. The van der Waals surface area contributed by atoms with Crippen LogP contribution in [0.2, 0.25) is 5.02 Å². The first-order valence-corrected chi connectivity index (χ1v) is 10.6. The molecule has 2 rings (SSSR count). The van der Waals surface area contributed by atoms with Gasteiger partial charge in [-0.15, -0.1) is 0 Å². The van der Waals surface area contributed by atoms with Crippen molar-refractivity contribution in [2.75, 3.05) is 17.2 Å². The molecule has 0 saturated heterocycles. The van der Waals surface area contributed by atoms with Gasteiger partial charge in [0.1, 0.15) is 0 Å². The lowest BCUT2D eigenvalue weighted by Gasteiger charge is -2.12. The second-order valence-corrected chi connectivity index (χ2v) is 7.93. The van der Waals surface area contributed by atoms with Gasteiger partial charge < -0.3 is 15.4 Å². The normalized spacial score (nSPS) is 11.1. The molecule has 172 valence electrons. The number of rotatable bonds is 8. The van der Waals surface area contributed by atoms with E-state index in [1.807, 2.05) is 13.0 Å². The summed E-state index contributed by atoms with van der Waals surface area (Å²) >= 11 is 9.16. The highest BCUT2D eigenvalue weighted by Crippen LogP contribution is 2.33. The van der Waals surface area contributed by atoms with E-state index < -0.39 is 36.1 Å². The Bertz CT molecular complexity index is 1020. The van der Waals surface area contributed by atoms with Gasteiger partial charge in [0.2, 0.25) is 5.91 Å². The molecule has 0 aromatic heterocycles. The summed E-state index contributed by atoms with van der Waals surface area (Å²) in [4.78, 5) is 35.8. The molecule has 11 heteroatoms. The fourth-order valence-corrected chi connectivity index (χ4v) is 3.18. The summed E-state index contributed by atoms with van der Waals surface area (Å²) in [6, 6.07) is 7.84. The zero-order chi connectivity index (χ0) is 23.9. The van der Waals surface area contributed by atoms with Crippen molar-refractivity contribution >= 4 is 56.7 Å². The van der Waals surface area contributed by atoms with E-state index >= 15 is 0 Å². The van der Waals surface area contributed by atoms with Gasteiger partial charge in [0.15, 0.2) is 6.61 Å². The average molecular weight is 536 g/mol. The quantitative estimate of drug-likeness (QED) is 0.432. The van der Waals surface area contributed by atoms with Crippen LogP contribution in [-0.2, 0) is 31.7 Å². The maximum absolute atomic E-state index is 12.8. The summed E-state index contributed by atoms with van der Waals surface area (Å²) in [5, 5.41) is 4.79. The molecule has 32 heavy (non-hydrogen) atoms. The van der Waals surface area contributed by atoms with E-state index in [0.717, 1.165) is 22.2 Å². The summed E-state index contributed by atoms with van der Waals surface area (Å²) in [5.41, 5.74) is 0.290. The fraction of sp³-hybridized carbons (Fsp3) is 0.286. The Balaban J connectivity index is 1.81. The van der Waals surface area contributed by atoms with Gasteiger partial charge in [0, 0.05) is 16.6 Å². The Morgan fingerprint density at radius 3 is 2.34 bits per heavy atom. The maximum Gasteiger partial charge on any atom is 0.416 e. The monoisotopic (exact) mass is 534 g/mol. The molecule has 0 bridgehead atoms. The van der Waals surface area contributed by atoms with Crippen molar-refractivity contribution < 1.29 is 32.3 Å². The number of amides is 2. The molecular formula is C21H19BrClF3N2O4. The number of aryl methyl sites for hydroxylation is 1. The van der Waals surface area contributed by atoms with Crippen LogP contribution in [0.4, 0.5) is 24.5 Å². The molecule has 2 amide bonds. The Morgan fingerprint density at radius 1 is 1.00 bits per heavy atom. The van der Waals surface area contributed by atoms with Crippen LogP contribution < -0.4 is 10.6 Å². The van der Waals surface area contributed by atoms with Gasteiger partial charge in [-0.3, -0.25) is 14.4 Å². The highest BCUT2D eigenvalue weighted by atomic mass is 79.9. The number of esters is 1. The van der Waals surface area contributed by atoms with Crippen molar-refractivity contribution in [1.82, 2.24) is 0 Å². The average Bonchev–Trinajstić information content (AvgIpc) is 2.72. The lowest BCUT2D eigenvalue weighted by Crippen LogP contribution is -2.22. The van der Waals surface area contributed by atoms with Gasteiger partial charge in [-0.1, -0.05) is 34.5 Å². The first kappa shape index (κ1) is 25.7. The van der Waals surface area contributed by atoms with E-state index in [1.165, 1.54) is 0 Å². The minimum Gasteiger partial charge on any atom is -0.456 e. The van der Waals surface area contributed by atoms with Crippen molar-refractivity contribution in [1.29, 1.82) is 0 Å². The SMILES string of the molecule is CCc1cc(Br)ccc1NC(=O)COC(=O)CCC(=O)Nc1cc(C(F)(F)F)ccc1Cl. The zero-order valence-corrected chi connectivity index (χ0v) is 19.2. The molecular weight excluding hydrogens is 517 g/mol. The summed E-state index contributed by atoms with van der Waals surface area (Å²) in [6.45, 7) is 1.38. The first-order valence-electron chi connectivity index (χ1n) is 9.40. The van der Waals surface area contributed by atoms with E-state index in [-0.39, 0.29) is 23.6 Å². The summed E-state index contributed by atoms with van der Waals surface area (Å²) < 4.78 is 44.1. The minimum atomic E-state index is -4.59. The number of carbonyl (C=O) groups is 3. The van der Waals surface area contributed by atoms with Crippen molar-refractivity contribution in [3.63, 3.8) is 0 Å². The minimum absolute atomic E-state index is 0.0787. The van der Waals surface area contributed by atoms with Gasteiger partial charge >= 0.3 is 12.1 Å². The lowest BCUT2D eigenvalue weighted by molar-refractivity contribution is -0.147. The van der Waals surface area contributed by atoms with E-state index in [1.54, 1.807) is 12.1 Å². The molecule has 0 saturated carbocycles. The Kier molecular flexibility index (Phi) is 9.09. The molecule has 0 aliphatic heterocycles. The van der Waals surface area contributed by atoms with Gasteiger partial charge in [-0.25, -0.2) is 0 Å². The van der Waals surface area contributed by atoms with Crippen molar-refractivity contribution in [3.8, 4) is 0 Å². The third-order valence-corrected chi connectivity index (χ3v) is 5.03. The van der Waals surface area contributed by atoms with E-state index in [9.17, 15) is 27.6 Å². The number of halogens is 5. The number of hydrogen-bond acceptors (Lipinski definition) is 4. The van der Waals surface area contributed by atoms with Crippen LogP contribution in [0.5, 0.6) is 0 Å². The number of anilines is 2. The summed E-state index contributed by atoms with van der Waals surface area (Å²) in [7, 11) is 0. The predicted octanol–water partition coefficient (Wildman–Crippen LogP) is 5.58. The third kappa shape index (κ3) is 7.83. The molecule has 6 nitrogen and oxygen atoms in total. The van der Waals surface area contributed by atoms with E-state index in [4.69, 9.17) is 16.3 Å². The maximum atomic E-state index is 12.8. The van der Waals surface area contributed by atoms with Crippen LogP contribution >= 0.6 is 27.5 Å². The van der Waals surface area contributed by atoms with Crippen LogP contribution in [0.1, 0.15) is 30.9 Å². The standard InChI is InChI=1S/C21H19BrClF3N2O4/c1-2-12-9-14(22)4-6-16(12)27-19(30)11-32-20(31)8-7-18(29)28-17-10-13(21(24,25)26)3-5-15(17)23/h3-6,9-10H,2,7-8,11H2,1H3,(H,27,30)(H,28,29). The molecule has 2 aromatic rings. The molecule has 0 unspecified atom stereocenters. The number of nitrogens with one attached hydrogen (secondary N) is 2. The highest BCUT2D eigenvalue weighted by Gasteiger charge is 2.31. The van der Waals surface area contributed by atoms with Crippen LogP contribution in [-0.4, -0.2) is 24.4 Å². The first-order chi connectivity index (χ1) is 15.0. The van der Waals surface area contributed by atoms with Gasteiger partial charge in [-0.2, -0.15) is 13.2 Å². The van der Waals surface area contributed by atoms with Crippen LogP contribution in [0.25, 0.3) is 0 Å². The number of benzene rings is 2. The molecule has 0 radical (unpaired) electrons. The highest BCUT2D eigenvalue weighted by molar-refractivity contribution is 9.10. The van der Waals surface area contributed by atoms with Crippen LogP contribution in [0.3, 0.4) is 0 Å². The van der Waals surface area contributed by atoms with Crippen LogP contribution in [0, 0.1) is 0 Å². The Morgan fingerprint density at radius 2 is 1.69 bits per heavy atom. The van der Waals surface area contributed by atoms with Gasteiger partial charge in [0.05, 0.1) is 22.7 Å². The number of hydrogen-bond donors (Lipinski definition) is 2. The van der Waals surface area contributed by atoms with Crippen LogP contribution in [0.15, 0.2) is 40.9 Å². The molecule has 2 N–H and O–H groups in total. The largest absolute Gasteiger partial charge is 0.456 e. The predicted molar refractivity (Wildman–Crippen MR) is 117 cm³/mol. The number of carbonyl (C=O) groups excluding carboxylic acids is 3. The van der Waals surface area contributed by atoms with E-state index in [2.05, 4.69) is 26.6 Å². The second kappa shape index (κ2) is 11.3. The Hall–Kier alpha value is -2.59. The number of alkyl halides is 3. The molecule has 0 spiro atoms. The van der Waals surface area contributed by atoms with Crippen molar-refractivity contribution in [3.05, 3.63) is 57.0 Å². The molecule has 0 atom stereocenters. The zero-order valence-electron chi connectivity index (χ0n) is 16.8. The second-order valence-electron chi connectivity index (χ2n) is 6.60. The fourth-order valence-electron chi connectivity index (χ4n) is 2.61. The summed E-state index contributed by atoms with van der Waals surface area (Å²) in [5.74, 6) is -2.08. The Labute approximate surface area is 195 Å². The molecule has 0 heterocycles. The summed E-state index contributed by atoms with van der Waals surface area (Å²) in [6.07, 6.45) is -4.64. The van der Waals surface area contributed by atoms with Gasteiger partial charge in [0.25, 0.3) is 5.91 Å². The lowest BCUT2D eigenvalue weighted by atomic mass is 10.1. The van der Waals surface area contributed by atoms with E-state index in [0.29, 0.717) is 18.2 Å². The molecule has 2 aromatic carbocycles.